The molecule has 1 unspecified atom stereocenters. The van der Waals surface area contributed by atoms with E-state index in [9.17, 15) is 4.79 Å². The van der Waals surface area contributed by atoms with Crippen molar-refractivity contribution in [1.82, 2.24) is 20.3 Å². The van der Waals surface area contributed by atoms with Crippen LogP contribution in [0.15, 0.2) is 61.1 Å². The first-order chi connectivity index (χ1) is 13.7. The Hall–Kier alpha value is -3.48. The van der Waals surface area contributed by atoms with E-state index in [-0.39, 0.29) is 11.9 Å². The van der Waals surface area contributed by atoms with E-state index < -0.39 is 0 Å². The van der Waals surface area contributed by atoms with E-state index in [0.717, 1.165) is 29.9 Å². The van der Waals surface area contributed by atoms with Crippen molar-refractivity contribution in [3.63, 3.8) is 0 Å². The van der Waals surface area contributed by atoms with E-state index in [2.05, 4.69) is 30.5 Å². The number of anilines is 2. The van der Waals surface area contributed by atoms with Gasteiger partial charge in [0.25, 0.3) is 5.91 Å². The lowest BCUT2D eigenvalue weighted by Gasteiger charge is -2.18. The monoisotopic (exact) mass is 374 g/mol. The number of aromatic nitrogens is 3. The first-order valence-corrected chi connectivity index (χ1v) is 9.30. The summed E-state index contributed by atoms with van der Waals surface area (Å²) in [4.78, 5) is 28.0. The number of amides is 1. The molecule has 1 amide bonds. The second-order valence-corrected chi connectivity index (χ2v) is 6.68. The number of carbonyl (C=O) groups excluding carboxylic acids is 1. The van der Waals surface area contributed by atoms with Gasteiger partial charge in [0, 0.05) is 56.0 Å². The summed E-state index contributed by atoms with van der Waals surface area (Å²) in [6.07, 6.45) is 6.15. The second-order valence-electron chi connectivity index (χ2n) is 6.68. The molecule has 3 aromatic rings. The Morgan fingerprint density at radius 1 is 1.14 bits per heavy atom. The van der Waals surface area contributed by atoms with Gasteiger partial charge < -0.3 is 15.5 Å². The first kappa shape index (κ1) is 17.9. The molecule has 0 aliphatic carbocycles. The maximum atomic E-state index is 12.7. The van der Waals surface area contributed by atoms with Crippen LogP contribution in [0.5, 0.6) is 0 Å². The van der Waals surface area contributed by atoms with Crippen LogP contribution in [-0.4, -0.2) is 47.0 Å². The molecule has 0 saturated carbocycles. The van der Waals surface area contributed by atoms with Gasteiger partial charge in [-0.05, 0) is 36.8 Å². The van der Waals surface area contributed by atoms with Gasteiger partial charge in [0.15, 0.2) is 0 Å². The van der Waals surface area contributed by atoms with Crippen molar-refractivity contribution in [2.45, 2.75) is 12.5 Å². The molecule has 2 aromatic heterocycles. The Bertz CT molecular complexity index is 962. The lowest BCUT2D eigenvalue weighted by molar-refractivity contribution is 0.0941. The molecule has 4 rings (SSSR count). The van der Waals surface area contributed by atoms with Crippen molar-refractivity contribution in [1.29, 1.82) is 0 Å². The van der Waals surface area contributed by atoms with E-state index in [1.165, 1.54) is 0 Å². The van der Waals surface area contributed by atoms with Crippen molar-refractivity contribution in [3.05, 3.63) is 66.6 Å². The zero-order chi connectivity index (χ0) is 19.3. The summed E-state index contributed by atoms with van der Waals surface area (Å²) < 4.78 is 0. The Morgan fingerprint density at radius 3 is 2.86 bits per heavy atom. The average molecular weight is 374 g/mol. The van der Waals surface area contributed by atoms with E-state index in [4.69, 9.17) is 0 Å². The van der Waals surface area contributed by atoms with Crippen LogP contribution in [0.1, 0.15) is 16.8 Å². The summed E-state index contributed by atoms with van der Waals surface area (Å²) in [5.74, 6) is 0.607. The molecular formula is C21H22N6O. The van der Waals surface area contributed by atoms with E-state index in [1.54, 1.807) is 18.6 Å². The first-order valence-electron chi connectivity index (χ1n) is 9.30. The van der Waals surface area contributed by atoms with Crippen molar-refractivity contribution < 1.29 is 4.79 Å². The highest BCUT2D eigenvalue weighted by Crippen LogP contribution is 2.21. The van der Waals surface area contributed by atoms with Gasteiger partial charge in [0.1, 0.15) is 0 Å². The average Bonchev–Trinajstić information content (AvgIpc) is 3.23. The van der Waals surface area contributed by atoms with E-state index >= 15 is 0 Å². The molecule has 2 N–H and O–H groups in total. The molecule has 1 aliphatic rings. The molecule has 3 heterocycles. The molecule has 0 spiro atoms. The summed E-state index contributed by atoms with van der Waals surface area (Å²) in [6, 6.07) is 13.3. The molecule has 142 valence electrons. The molecular weight excluding hydrogens is 352 g/mol. The topological polar surface area (TPSA) is 83.0 Å². The fraction of sp³-hybridized carbons (Fsp3) is 0.238. The lowest BCUT2D eigenvalue weighted by Crippen LogP contribution is -2.37. The van der Waals surface area contributed by atoms with Crippen molar-refractivity contribution in [2.75, 3.05) is 30.4 Å². The van der Waals surface area contributed by atoms with Crippen LogP contribution in [0.2, 0.25) is 0 Å². The number of carbonyl (C=O) groups is 1. The van der Waals surface area contributed by atoms with Crippen LogP contribution in [-0.2, 0) is 0 Å². The molecule has 1 aliphatic heterocycles. The van der Waals surface area contributed by atoms with Crippen LogP contribution in [0, 0.1) is 0 Å². The Labute approximate surface area is 163 Å². The van der Waals surface area contributed by atoms with Gasteiger partial charge in [-0.25, -0.2) is 9.97 Å². The lowest BCUT2D eigenvalue weighted by atomic mass is 10.1. The van der Waals surface area contributed by atoms with Crippen LogP contribution in [0.3, 0.4) is 0 Å². The molecule has 1 aromatic carbocycles. The van der Waals surface area contributed by atoms with Gasteiger partial charge in [-0.3, -0.25) is 9.78 Å². The number of para-hydroxylation sites is 1. The molecule has 7 heteroatoms. The third-order valence-corrected chi connectivity index (χ3v) is 4.85. The zero-order valence-corrected chi connectivity index (χ0v) is 15.7. The van der Waals surface area contributed by atoms with Gasteiger partial charge in [-0.1, -0.05) is 12.1 Å². The molecule has 1 fully saturated rings. The third-order valence-electron chi connectivity index (χ3n) is 4.85. The minimum atomic E-state index is -0.0678. The second kappa shape index (κ2) is 8.04. The van der Waals surface area contributed by atoms with Crippen molar-refractivity contribution in [3.8, 4) is 11.3 Å². The predicted molar refractivity (Wildman–Crippen MR) is 109 cm³/mol. The number of benzene rings is 1. The summed E-state index contributed by atoms with van der Waals surface area (Å²) in [7, 11) is 1.82. The summed E-state index contributed by atoms with van der Waals surface area (Å²) in [5.41, 5.74) is 3.27. The number of nitrogens with one attached hydrogen (secondary N) is 2. The minimum Gasteiger partial charge on any atom is -0.387 e. The molecule has 0 radical (unpaired) electrons. The fourth-order valence-electron chi connectivity index (χ4n) is 3.40. The number of pyridine rings is 1. The third kappa shape index (κ3) is 3.78. The smallest absolute Gasteiger partial charge is 0.253 e. The van der Waals surface area contributed by atoms with Gasteiger partial charge in [0.2, 0.25) is 5.95 Å². The summed E-state index contributed by atoms with van der Waals surface area (Å²) >= 11 is 0. The van der Waals surface area contributed by atoms with E-state index in [1.807, 2.05) is 49.5 Å². The normalized spacial score (nSPS) is 16.0. The SMILES string of the molecule is CNc1ccccc1C(=O)NC1CCN(c2nccc(-c3cccnc3)n2)C1. The molecule has 0 bridgehead atoms. The Morgan fingerprint density at radius 2 is 2.04 bits per heavy atom. The number of hydrogen-bond donors (Lipinski definition) is 2. The van der Waals surface area contributed by atoms with Gasteiger partial charge in [-0.2, -0.15) is 0 Å². The fourth-order valence-corrected chi connectivity index (χ4v) is 3.40. The molecule has 1 atom stereocenters. The molecule has 28 heavy (non-hydrogen) atoms. The highest BCUT2D eigenvalue weighted by Gasteiger charge is 2.26. The number of hydrogen-bond acceptors (Lipinski definition) is 6. The van der Waals surface area contributed by atoms with Gasteiger partial charge in [-0.15, -0.1) is 0 Å². The Kier molecular flexibility index (Phi) is 5.14. The maximum absolute atomic E-state index is 12.7. The van der Waals surface area contributed by atoms with Crippen LogP contribution in [0.4, 0.5) is 11.6 Å². The van der Waals surface area contributed by atoms with Crippen molar-refractivity contribution >= 4 is 17.5 Å². The van der Waals surface area contributed by atoms with Gasteiger partial charge >= 0.3 is 0 Å². The standard InChI is InChI=1S/C21H22N6O/c1-22-19-7-3-2-6-17(19)20(28)25-16-9-12-27(14-16)21-24-11-8-18(26-21)15-5-4-10-23-13-15/h2-8,10-11,13,16,22H,9,12,14H2,1H3,(H,25,28). The van der Waals surface area contributed by atoms with E-state index in [0.29, 0.717) is 18.1 Å². The number of nitrogens with zero attached hydrogens (tertiary/aromatic N) is 4. The highest BCUT2D eigenvalue weighted by atomic mass is 16.1. The maximum Gasteiger partial charge on any atom is 0.253 e. The number of rotatable bonds is 5. The molecule has 1 saturated heterocycles. The van der Waals surface area contributed by atoms with Crippen LogP contribution >= 0.6 is 0 Å². The predicted octanol–water partition coefficient (Wildman–Crippen LogP) is 2.59. The summed E-state index contributed by atoms with van der Waals surface area (Å²) in [6.45, 7) is 1.49. The van der Waals surface area contributed by atoms with Crippen molar-refractivity contribution in [2.24, 2.45) is 0 Å². The largest absolute Gasteiger partial charge is 0.387 e. The summed E-state index contributed by atoms with van der Waals surface area (Å²) in [5, 5.41) is 6.19. The highest BCUT2D eigenvalue weighted by molar-refractivity contribution is 5.99. The van der Waals surface area contributed by atoms with Crippen LogP contribution in [0.25, 0.3) is 11.3 Å². The Balaban J connectivity index is 1.44. The molecule has 7 nitrogen and oxygen atoms in total. The minimum absolute atomic E-state index is 0.0584. The zero-order valence-electron chi connectivity index (χ0n) is 15.7. The quantitative estimate of drug-likeness (QED) is 0.714. The van der Waals surface area contributed by atoms with Gasteiger partial charge in [0.05, 0.1) is 11.3 Å². The van der Waals surface area contributed by atoms with Crippen LogP contribution < -0.4 is 15.5 Å².